The maximum Gasteiger partial charge on any atom is 0.271 e. The van der Waals surface area contributed by atoms with Crippen LogP contribution in [-0.4, -0.2) is 18.2 Å². The van der Waals surface area contributed by atoms with Gasteiger partial charge in [0.1, 0.15) is 5.75 Å². The highest BCUT2D eigenvalue weighted by Crippen LogP contribution is 2.11. The summed E-state index contributed by atoms with van der Waals surface area (Å²) in [6, 6.07) is 16.9. The lowest BCUT2D eigenvalue weighted by Gasteiger charge is -2.04. The van der Waals surface area contributed by atoms with E-state index in [0.29, 0.717) is 17.9 Å². The number of hydrogen-bond donors (Lipinski definition) is 1. The van der Waals surface area contributed by atoms with E-state index in [1.807, 2.05) is 56.3 Å². The second kappa shape index (κ2) is 8.54. The van der Waals surface area contributed by atoms with Gasteiger partial charge in [-0.25, -0.2) is 5.43 Å². The molecule has 0 saturated heterocycles. The molecule has 1 amide bonds. The van der Waals surface area contributed by atoms with Crippen LogP contribution >= 0.6 is 0 Å². The normalized spacial score (nSPS) is 11.5. The van der Waals surface area contributed by atoms with Crippen molar-refractivity contribution >= 4 is 17.7 Å². The van der Waals surface area contributed by atoms with Crippen LogP contribution in [0.2, 0.25) is 0 Å². The second-order valence-electron chi connectivity index (χ2n) is 4.90. The number of ether oxygens (including phenoxy) is 1. The zero-order valence-corrected chi connectivity index (χ0v) is 13.3. The summed E-state index contributed by atoms with van der Waals surface area (Å²) in [6.45, 7) is 4.35. The molecule has 0 saturated carbocycles. The van der Waals surface area contributed by atoms with Crippen molar-refractivity contribution in [3.05, 3.63) is 71.8 Å². The van der Waals surface area contributed by atoms with Crippen LogP contribution in [-0.2, 0) is 0 Å². The first-order chi connectivity index (χ1) is 11.2. The summed E-state index contributed by atoms with van der Waals surface area (Å²) in [5.74, 6) is 0.495. The van der Waals surface area contributed by atoms with Crippen LogP contribution in [0.3, 0.4) is 0 Å². The van der Waals surface area contributed by atoms with Gasteiger partial charge in [-0.1, -0.05) is 36.4 Å². The number of hydrogen-bond acceptors (Lipinski definition) is 3. The molecule has 0 aromatic heterocycles. The second-order valence-corrected chi connectivity index (χ2v) is 4.90. The summed E-state index contributed by atoms with van der Waals surface area (Å²) in [5.41, 5.74) is 4.88. The lowest BCUT2D eigenvalue weighted by atomic mass is 10.2. The van der Waals surface area contributed by atoms with Crippen LogP contribution in [0.4, 0.5) is 0 Å². The number of nitrogens with one attached hydrogen (secondary N) is 1. The minimum atomic E-state index is -0.250. The Morgan fingerprint density at radius 1 is 1.13 bits per heavy atom. The standard InChI is InChI=1S/C19H20N2O2/c1-3-23-18-13-11-17(12-14-18)19(22)21-20-15(2)9-10-16-7-5-4-6-8-16/h4-14H,3H2,1-2H3,(H,21,22)/b10-9+,20-15+. The topological polar surface area (TPSA) is 50.7 Å². The van der Waals surface area contributed by atoms with E-state index in [1.54, 1.807) is 24.3 Å². The predicted octanol–water partition coefficient (Wildman–Crippen LogP) is 3.90. The molecule has 1 N–H and O–H groups in total. The Morgan fingerprint density at radius 3 is 2.48 bits per heavy atom. The number of nitrogens with zero attached hydrogens (tertiary/aromatic N) is 1. The zero-order chi connectivity index (χ0) is 16.5. The van der Waals surface area contributed by atoms with E-state index in [9.17, 15) is 4.79 Å². The molecule has 2 rings (SSSR count). The zero-order valence-electron chi connectivity index (χ0n) is 13.3. The molecule has 2 aromatic rings. The summed E-state index contributed by atoms with van der Waals surface area (Å²) >= 11 is 0. The van der Waals surface area contributed by atoms with E-state index in [4.69, 9.17) is 4.74 Å². The minimum Gasteiger partial charge on any atom is -0.494 e. The molecule has 0 heterocycles. The van der Waals surface area contributed by atoms with Gasteiger partial charge in [0.15, 0.2) is 0 Å². The van der Waals surface area contributed by atoms with Gasteiger partial charge in [0.25, 0.3) is 5.91 Å². The summed E-state index contributed by atoms with van der Waals surface area (Å²) in [5, 5.41) is 4.07. The van der Waals surface area contributed by atoms with Crippen molar-refractivity contribution in [1.29, 1.82) is 0 Å². The molecule has 0 unspecified atom stereocenters. The van der Waals surface area contributed by atoms with E-state index in [2.05, 4.69) is 10.5 Å². The fourth-order valence-electron chi connectivity index (χ4n) is 1.89. The molecule has 0 aliphatic carbocycles. The van der Waals surface area contributed by atoms with Gasteiger partial charge in [0.05, 0.1) is 12.3 Å². The van der Waals surface area contributed by atoms with Crippen LogP contribution in [0.25, 0.3) is 6.08 Å². The molecule has 0 aliphatic rings. The third-order valence-corrected chi connectivity index (χ3v) is 3.08. The molecule has 0 atom stereocenters. The van der Waals surface area contributed by atoms with Crippen molar-refractivity contribution < 1.29 is 9.53 Å². The quantitative estimate of drug-likeness (QED) is 0.650. The van der Waals surface area contributed by atoms with Crippen LogP contribution in [0.15, 0.2) is 65.8 Å². The third kappa shape index (κ3) is 5.43. The summed E-state index contributed by atoms with van der Waals surface area (Å²) in [4.78, 5) is 12.0. The Bertz CT molecular complexity index is 689. The van der Waals surface area contributed by atoms with Crippen LogP contribution in [0, 0.1) is 0 Å². The van der Waals surface area contributed by atoms with Crippen molar-refractivity contribution in [2.45, 2.75) is 13.8 Å². The monoisotopic (exact) mass is 308 g/mol. The maximum atomic E-state index is 12.0. The van der Waals surface area contributed by atoms with Gasteiger partial charge >= 0.3 is 0 Å². The van der Waals surface area contributed by atoms with Gasteiger partial charge in [-0.3, -0.25) is 4.79 Å². The molecule has 4 nitrogen and oxygen atoms in total. The fraction of sp³-hybridized carbons (Fsp3) is 0.158. The highest BCUT2D eigenvalue weighted by Gasteiger charge is 2.04. The van der Waals surface area contributed by atoms with Crippen molar-refractivity contribution in [3.63, 3.8) is 0 Å². The van der Waals surface area contributed by atoms with Crippen LogP contribution in [0.1, 0.15) is 29.8 Å². The smallest absolute Gasteiger partial charge is 0.271 e. The summed E-state index contributed by atoms with van der Waals surface area (Å²) in [7, 11) is 0. The SMILES string of the molecule is CCOc1ccc(C(=O)N/N=C(C)/C=C/c2ccccc2)cc1. The van der Waals surface area contributed by atoms with Gasteiger partial charge in [-0.05, 0) is 49.8 Å². The minimum absolute atomic E-state index is 0.250. The average molecular weight is 308 g/mol. The van der Waals surface area contributed by atoms with Gasteiger partial charge in [-0.15, -0.1) is 0 Å². The molecule has 0 spiro atoms. The van der Waals surface area contributed by atoms with E-state index in [1.165, 1.54) is 0 Å². The number of benzene rings is 2. The number of allylic oxidation sites excluding steroid dienone is 1. The first-order valence-corrected chi connectivity index (χ1v) is 7.49. The van der Waals surface area contributed by atoms with Gasteiger partial charge in [0, 0.05) is 5.56 Å². The molecule has 0 bridgehead atoms. The van der Waals surface area contributed by atoms with E-state index in [0.717, 1.165) is 11.3 Å². The first-order valence-electron chi connectivity index (χ1n) is 7.49. The number of carbonyl (C=O) groups excluding carboxylic acids is 1. The van der Waals surface area contributed by atoms with Crippen molar-refractivity contribution in [1.82, 2.24) is 5.43 Å². The Hall–Kier alpha value is -2.88. The van der Waals surface area contributed by atoms with Crippen molar-refractivity contribution in [2.75, 3.05) is 6.61 Å². The Labute approximate surface area is 136 Å². The maximum absolute atomic E-state index is 12.0. The number of carbonyl (C=O) groups is 1. The van der Waals surface area contributed by atoms with Crippen molar-refractivity contribution in [2.24, 2.45) is 5.10 Å². The van der Waals surface area contributed by atoms with Gasteiger partial charge < -0.3 is 4.74 Å². The predicted molar refractivity (Wildman–Crippen MR) is 93.7 cm³/mol. The van der Waals surface area contributed by atoms with Gasteiger partial charge in [0.2, 0.25) is 0 Å². The average Bonchev–Trinajstić information content (AvgIpc) is 2.59. The largest absolute Gasteiger partial charge is 0.494 e. The first kappa shape index (κ1) is 16.5. The van der Waals surface area contributed by atoms with E-state index >= 15 is 0 Å². The summed E-state index contributed by atoms with van der Waals surface area (Å²) in [6.07, 6.45) is 3.80. The summed E-state index contributed by atoms with van der Waals surface area (Å²) < 4.78 is 5.34. The molecule has 0 aliphatic heterocycles. The molecule has 23 heavy (non-hydrogen) atoms. The molecular formula is C19H20N2O2. The Balaban J connectivity index is 1.93. The highest BCUT2D eigenvalue weighted by molar-refractivity contribution is 5.99. The molecular weight excluding hydrogens is 288 g/mol. The van der Waals surface area contributed by atoms with Gasteiger partial charge in [-0.2, -0.15) is 5.10 Å². The molecule has 0 radical (unpaired) electrons. The van der Waals surface area contributed by atoms with Crippen LogP contribution in [0.5, 0.6) is 5.75 Å². The molecule has 2 aromatic carbocycles. The number of rotatable bonds is 6. The van der Waals surface area contributed by atoms with E-state index < -0.39 is 0 Å². The molecule has 118 valence electrons. The Morgan fingerprint density at radius 2 is 1.83 bits per heavy atom. The lowest BCUT2D eigenvalue weighted by molar-refractivity contribution is 0.0955. The lowest BCUT2D eigenvalue weighted by Crippen LogP contribution is -2.18. The van der Waals surface area contributed by atoms with E-state index in [-0.39, 0.29) is 5.91 Å². The number of hydrazone groups is 1. The van der Waals surface area contributed by atoms with Crippen LogP contribution < -0.4 is 10.2 Å². The molecule has 4 heteroatoms. The Kier molecular flexibility index (Phi) is 6.12. The highest BCUT2D eigenvalue weighted by atomic mass is 16.5. The fourth-order valence-corrected chi connectivity index (χ4v) is 1.89. The molecule has 0 fully saturated rings. The third-order valence-electron chi connectivity index (χ3n) is 3.08. The van der Waals surface area contributed by atoms with Crippen molar-refractivity contribution in [3.8, 4) is 5.75 Å². The number of amides is 1.